The maximum absolute atomic E-state index is 8.89. The van der Waals surface area contributed by atoms with E-state index in [0.717, 1.165) is 19.4 Å². The molecule has 1 heterocycles. The van der Waals surface area contributed by atoms with Crippen LogP contribution in [0.25, 0.3) is 0 Å². The number of rotatable bonds is 3. The molecule has 3 heteroatoms. The number of aromatic nitrogens is 2. The van der Waals surface area contributed by atoms with Gasteiger partial charge in [-0.3, -0.25) is 4.68 Å². The Labute approximate surface area is 65.7 Å². The summed E-state index contributed by atoms with van der Waals surface area (Å²) in [5.74, 6) is 2.74. The first kappa shape index (κ1) is 7.67. The molecule has 0 bridgehead atoms. The Bertz CT molecular complexity index is 259. The molecule has 0 atom stereocenters. The van der Waals surface area contributed by atoms with Gasteiger partial charge in [0.15, 0.2) is 5.75 Å². The molecule has 0 aliphatic heterocycles. The van der Waals surface area contributed by atoms with Gasteiger partial charge >= 0.3 is 0 Å². The Morgan fingerprint density at radius 3 is 3.09 bits per heavy atom. The fourth-order valence-electron chi connectivity index (χ4n) is 0.818. The zero-order valence-electron chi connectivity index (χ0n) is 6.20. The molecule has 0 spiro atoms. The van der Waals surface area contributed by atoms with E-state index in [-0.39, 0.29) is 5.75 Å². The monoisotopic (exact) mass is 150 g/mol. The molecule has 58 valence electrons. The molecule has 1 aromatic rings. The Kier molecular flexibility index (Phi) is 2.56. The van der Waals surface area contributed by atoms with E-state index in [1.807, 2.05) is 0 Å². The molecule has 0 saturated carbocycles. The van der Waals surface area contributed by atoms with E-state index in [1.165, 1.54) is 6.20 Å². The molecule has 1 rings (SSSR count). The summed E-state index contributed by atoms with van der Waals surface area (Å²) in [5.41, 5.74) is 0. The van der Waals surface area contributed by atoms with Crippen LogP contribution in [0.1, 0.15) is 12.8 Å². The second-order valence-electron chi connectivity index (χ2n) is 2.27. The van der Waals surface area contributed by atoms with Crippen molar-refractivity contribution < 1.29 is 5.11 Å². The molecular formula is C8H10N2O. The van der Waals surface area contributed by atoms with Gasteiger partial charge in [-0.15, -0.1) is 12.3 Å². The summed E-state index contributed by atoms with van der Waals surface area (Å²) in [5, 5.41) is 12.8. The largest absolute Gasteiger partial charge is 0.505 e. The van der Waals surface area contributed by atoms with Crippen molar-refractivity contribution in [2.75, 3.05) is 0 Å². The van der Waals surface area contributed by atoms with Crippen molar-refractivity contribution in [1.29, 1.82) is 0 Å². The molecule has 0 aliphatic rings. The van der Waals surface area contributed by atoms with Gasteiger partial charge in [0.05, 0.1) is 12.4 Å². The normalized spacial score (nSPS) is 9.36. The predicted octanol–water partition coefficient (Wildman–Crippen LogP) is 1.00. The molecule has 0 aromatic carbocycles. The number of aryl methyl sites for hydroxylation is 1. The minimum Gasteiger partial charge on any atom is -0.505 e. The Balaban J connectivity index is 2.34. The number of hydrogen-bond donors (Lipinski definition) is 1. The van der Waals surface area contributed by atoms with Crippen LogP contribution in [-0.2, 0) is 6.54 Å². The first-order chi connectivity index (χ1) is 5.33. The highest BCUT2D eigenvalue weighted by molar-refractivity contribution is 5.08. The number of unbranched alkanes of at least 4 members (excludes halogenated alkanes) is 1. The molecule has 3 nitrogen and oxygen atoms in total. The molecule has 0 radical (unpaired) electrons. The minimum absolute atomic E-state index is 0.200. The van der Waals surface area contributed by atoms with Crippen LogP contribution < -0.4 is 0 Å². The van der Waals surface area contributed by atoms with Gasteiger partial charge in [-0.1, -0.05) is 0 Å². The van der Waals surface area contributed by atoms with Gasteiger partial charge in [-0.05, 0) is 6.42 Å². The van der Waals surface area contributed by atoms with Crippen LogP contribution in [0.2, 0.25) is 0 Å². The van der Waals surface area contributed by atoms with Crippen LogP contribution in [0.15, 0.2) is 12.4 Å². The SMILES string of the molecule is C#CCCCn1cc(O)cn1. The Hall–Kier alpha value is -1.43. The number of terminal acetylenes is 1. The minimum atomic E-state index is 0.200. The molecule has 0 saturated heterocycles. The van der Waals surface area contributed by atoms with Crippen molar-refractivity contribution >= 4 is 0 Å². The lowest BCUT2D eigenvalue weighted by Crippen LogP contribution is -1.96. The highest BCUT2D eigenvalue weighted by Gasteiger charge is 1.93. The molecule has 0 amide bonds. The zero-order chi connectivity index (χ0) is 8.10. The second-order valence-corrected chi connectivity index (χ2v) is 2.27. The van der Waals surface area contributed by atoms with E-state index in [9.17, 15) is 0 Å². The first-order valence-electron chi connectivity index (χ1n) is 3.48. The van der Waals surface area contributed by atoms with Crippen molar-refractivity contribution in [3.63, 3.8) is 0 Å². The summed E-state index contributed by atoms with van der Waals surface area (Å²) in [4.78, 5) is 0. The number of nitrogens with zero attached hydrogens (tertiary/aromatic N) is 2. The third-order valence-corrected chi connectivity index (χ3v) is 1.33. The first-order valence-corrected chi connectivity index (χ1v) is 3.48. The van der Waals surface area contributed by atoms with Gasteiger partial charge in [0.2, 0.25) is 0 Å². The summed E-state index contributed by atoms with van der Waals surface area (Å²) in [6, 6.07) is 0. The predicted molar refractivity (Wildman–Crippen MR) is 42.0 cm³/mol. The molecular weight excluding hydrogens is 140 g/mol. The van der Waals surface area contributed by atoms with Crippen LogP contribution in [0.5, 0.6) is 5.75 Å². The molecule has 11 heavy (non-hydrogen) atoms. The summed E-state index contributed by atoms with van der Waals surface area (Å²) in [6.45, 7) is 0.769. The highest BCUT2D eigenvalue weighted by atomic mass is 16.3. The molecule has 1 aromatic heterocycles. The van der Waals surface area contributed by atoms with E-state index in [2.05, 4.69) is 11.0 Å². The average Bonchev–Trinajstić information content (AvgIpc) is 2.37. The van der Waals surface area contributed by atoms with Gasteiger partial charge in [0.1, 0.15) is 0 Å². The summed E-state index contributed by atoms with van der Waals surface area (Å²) < 4.78 is 1.67. The van der Waals surface area contributed by atoms with Gasteiger partial charge in [0.25, 0.3) is 0 Å². The smallest absolute Gasteiger partial charge is 0.153 e. The third kappa shape index (κ3) is 2.34. The molecule has 1 N–H and O–H groups in total. The van der Waals surface area contributed by atoms with Crippen LogP contribution in [0.3, 0.4) is 0 Å². The lowest BCUT2D eigenvalue weighted by Gasteiger charge is -1.95. The van der Waals surface area contributed by atoms with Gasteiger partial charge in [-0.25, -0.2) is 0 Å². The second kappa shape index (κ2) is 3.67. The maximum Gasteiger partial charge on any atom is 0.153 e. The fraction of sp³-hybridized carbons (Fsp3) is 0.375. The quantitative estimate of drug-likeness (QED) is 0.515. The zero-order valence-corrected chi connectivity index (χ0v) is 6.20. The number of hydrogen-bond acceptors (Lipinski definition) is 2. The van der Waals surface area contributed by atoms with Gasteiger partial charge < -0.3 is 5.11 Å². The topological polar surface area (TPSA) is 38.0 Å². The van der Waals surface area contributed by atoms with Crippen LogP contribution >= 0.6 is 0 Å². The summed E-state index contributed by atoms with van der Waals surface area (Å²) in [7, 11) is 0. The van der Waals surface area contributed by atoms with Crippen molar-refractivity contribution in [2.45, 2.75) is 19.4 Å². The average molecular weight is 150 g/mol. The van der Waals surface area contributed by atoms with E-state index in [1.54, 1.807) is 10.9 Å². The van der Waals surface area contributed by atoms with Crippen molar-refractivity contribution in [3.8, 4) is 18.1 Å². The van der Waals surface area contributed by atoms with E-state index >= 15 is 0 Å². The van der Waals surface area contributed by atoms with Crippen LogP contribution in [-0.4, -0.2) is 14.9 Å². The van der Waals surface area contributed by atoms with Crippen LogP contribution in [0.4, 0.5) is 0 Å². The van der Waals surface area contributed by atoms with Crippen molar-refractivity contribution in [3.05, 3.63) is 12.4 Å². The summed E-state index contributed by atoms with van der Waals surface area (Å²) >= 11 is 0. The standard InChI is InChI=1S/C8H10N2O/c1-2-3-4-5-10-7-8(11)6-9-10/h1,6-7,11H,3-5H2. The highest BCUT2D eigenvalue weighted by Crippen LogP contribution is 2.04. The maximum atomic E-state index is 8.89. The molecule has 0 fully saturated rings. The van der Waals surface area contributed by atoms with E-state index in [0.29, 0.717) is 0 Å². The Morgan fingerprint density at radius 1 is 1.73 bits per heavy atom. The summed E-state index contributed by atoms with van der Waals surface area (Å²) in [6.07, 6.45) is 9.71. The van der Waals surface area contributed by atoms with Crippen LogP contribution in [0, 0.1) is 12.3 Å². The number of aromatic hydroxyl groups is 1. The van der Waals surface area contributed by atoms with Crippen molar-refractivity contribution in [2.24, 2.45) is 0 Å². The van der Waals surface area contributed by atoms with E-state index in [4.69, 9.17) is 11.5 Å². The van der Waals surface area contributed by atoms with E-state index < -0.39 is 0 Å². The van der Waals surface area contributed by atoms with Crippen molar-refractivity contribution in [1.82, 2.24) is 9.78 Å². The third-order valence-electron chi connectivity index (χ3n) is 1.33. The van der Waals surface area contributed by atoms with Gasteiger partial charge in [0, 0.05) is 13.0 Å². The lowest BCUT2D eigenvalue weighted by molar-refractivity contribution is 0.473. The Morgan fingerprint density at radius 2 is 2.55 bits per heavy atom. The molecule has 0 aliphatic carbocycles. The van der Waals surface area contributed by atoms with Gasteiger partial charge in [-0.2, -0.15) is 5.10 Å². The molecule has 0 unspecified atom stereocenters. The fourth-order valence-corrected chi connectivity index (χ4v) is 0.818. The lowest BCUT2D eigenvalue weighted by atomic mass is 10.3.